The molecule has 2 aromatic heterocycles. The van der Waals surface area contributed by atoms with Gasteiger partial charge in [0.2, 0.25) is 11.4 Å². The largest absolute Gasteiger partial charge is 0.509 e. The quantitative estimate of drug-likeness (QED) is 0.0943. The van der Waals surface area contributed by atoms with Crippen molar-refractivity contribution in [1.29, 1.82) is 0 Å². The van der Waals surface area contributed by atoms with Gasteiger partial charge >= 0.3 is 0 Å². The molecule has 0 radical (unpaired) electrons. The van der Waals surface area contributed by atoms with E-state index in [1.807, 2.05) is 18.3 Å². The molecule has 0 saturated carbocycles. The minimum absolute atomic E-state index is 0. The summed E-state index contributed by atoms with van der Waals surface area (Å²) in [6, 6.07) is 55.6. The number of hydrogen-bond donors (Lipinski definition) is 0. The molecule has 2 atom stereocenters. The third-order valence-electron chi connectivity index (χ3n) is 12.4. The number of rotatable bonds is 6. The first-order valence-corrected chi connectivity index (χ1v) is 20.7. The Morgan fingerprint density at radius 1 is 0.567 bits per heavy atom. The normalized spacial score (nSPS) is 18.4. The summed E-state index contributed by atoms with van der Waals surface area (Å²) < 4.78 is 10.1. The number of nitrogens with zero attached hydrogens (tertiary/aromatic N) is 4. The molecule has 1 unspecified atom stereocenters. The maximum atomic E-state index is 6.76. The molecule has 304 valence electrons. The molecule has 8 aromatic rings. The molecule has 1 fully saturated rings. The monoisotopic (exact) mass is 966 g/mol. The summed E-state index contributed by atoms with van der Waals surface area (Å²) in [4.78, 5) is 4.87. The van der Waals surface area contributed by atoms with Gasteiger partial charge in [-0.3, -0.25) is 0 Å². The Labute approximate surface area is 369 Å². The van der Waals surface area contributed by atoms with E-state index in [2.05, 4.69) is 207 Å². The maximum absolute atomic E-state index is 6.76. The van der Waals surface area contributed by atoms with Crippen LogP contribution in [0.3, 0.4) is 0 Å². The second-order valence-electron chi connectivity index (χ2n) is 19.3. The Hall–Kier alpha value is -5.32. The fourth-order valence-corrected chi connectivity index (χ4v) is 9.26. The summed E-state index contributed by atoms with van der Waals surface area (Å²) in [7, 11) is 0. The van der Waals surface area contributed by atoms with Crippen molar-refractivity contribution in [3.05, 3.63) is 175 Å². The second-order valence-corrected chi connectivity index (χ2v) is 19.3. The minimum Gasteiger partial charge on any atom is -0.509 e. The van der Waals surface area contributed by atoms with E-state index in [4.69, 9.17) is 9.72 Å². The summed E-state index contributed by atoms with van der Waals surface area (Å²) in [5, 5.41) is 2.26. The van der Waals surface area contributed by atoms with Crippen LogP contribution in [0, 0.1) is 18.8 Å². The summed E-state index contributed by atoms with van der Waals surface area (Å²) in [6.07, 6.45) is 1.91. The molecular weight excluding hydrogens is 916 g/mol. The predicted octanol–water partition coefficient (Wildman–Crippen LogP) is 14.5. The first kappa shape index (κ1) is 40.1. The fourth-order valence-electron chi connectivity index (χ4n) is 9.26. The Morgan fingerprint density at radius 3 is 2.02 bits per heavy atom. The van der Waals surface area contributed by atoms with Crippen molar-refractivity contribution >= 4 is 44.6 Å². The molecule has 0 N–H and O–H groups in total. The van der Waals surface area contributed by atoms with Crippen molar-refractivity contribution < 1.29 is 25.8 Å². The third kappa shape index (κ3) is 6.04. The molecular formula is C54H51N4OPt-. The molecule has 0 aliphatic carbocycles. The minimum atomic E-state index is -0.0659. The van der Waals surface area contributed by atoms with Gasteiger partial charge in [-0.25, -0.2) is 9.58 Å². The van der Waals surface area contributed by atoms with E-state index in [1.165, 1.54) is 44.9 Å². The smallest absolute Gasteiger partial charge is 0.225 e. The van der Waals surface area contributed by atoms with Crippen LogP contribution in [0.5, 0.6) is 11.5 Å². The zero-order valence-electron chi connectivity index (χ0n) is 35.9. The van der Waals surface area contributed by atoms with Gasteiger partial charge in [0.25, 0.3) is 0 Å². The van der Waals surface area contributed by atoms with Gasteiger partial charge in [0, 0.05) is 68.0 Å². The van der Waals surface area contributed by atoms with Crippen LogP contribution >= 0.6 is 0 Å². The Bertz CT molecular complexity index is 2960. The topological polar surface area (TPSA) is 27.1 Å². The molecule has 4 heterocycles. The third-order valence-corrected chi connectivity index (χ3v) is 12.4. The van der Waals surface area contributed by atoms with Crippen molar-refractivity contribution in [3.8, 4) is 28.4 Å². The van der Waals surface area contributed by atoms with Crippen molar-refractivity contribution in [3.63, 3.8) is 0 Å². The Morgan fingerprint density at radius 2 is 1.27 bits per heavy atom. The summed E-state index contributed by atoms with van der Waals surface area (Å²) >= 11 is 0. The van der Waals surface area contributed by atoms with Crippen molar-refractivity contribution in [2.75, 3.05) is 0 Å². The van der Waals surface area contributed by atoms with Crippen molar-refractivity contribution in [1.82, 2.24) is 18.7 Å². The molecule has 0 spiro atoms. The van der Waals surface area contributed by atoms with Crippen molar-refractivity contribution in [2.45, 2.75) is 78.6 Å². The van der Waals surface area contributed by atoms with E-state index in [9.17, 15) is 0 Å². The molecule has 0 amide bonds. The first-order chi connectivity index (χ1) is 28.1. The molecule has 0 bridgehead atoms. The van der Waals surface area contributed by atoms with Crippen LogP contribution in [-0.2, 0) is 37.3 Å². The molecule has 6 heteroatoms. The number of para-hydroxylation sites is 1. The first-order valence-electron chi connectivity index (χ1n) is 20.7. The van der Waals surface area contributed by atoms with Gasteiger partial charge < -0.3 is 9.30 Å². The van der Waals surface area contributed by atoms with E-state index in [0.717, 1.165) is 33.3 Å². The number of aromatic nitrogens is 2. The van der Waals surface area contributed by atoms with Gasteiger partial charge in [-0.05, 0) is 62.1 Å². The number of pyridine rings is 1. The molecule has 10 rings (SSSR count). The predicted molar refractivity (Wildman–Crippen MR) is 244 cm³/mol. The maximum Gasteiger partial charge on any atom is 0.225 e. The van der Waals surface area contributed by atoms with E-state index in [-0.39, 0.29) is 37.3 Å². The van der Waals surface area contributed by atoms with Crippen LogP contribution < -0.4 is 13.9 Å². The fraction of sp³-hybridized carbons (Fsp3) is 0.222. The van der Waals surface area contributed by atoms with E-state index < -0.39 is 0 Å². The van der Waals surface area contributed by atoms with Gasteiger partial charge in [0.1, 0.15) is 5.82 Å². The van der Waals surface area contributed by atoms with Gasteiger partial charge in [0.05, 0.1) is 5.69 Å². The zero-order chi connectivity index (χ0) is 41.1. The van der Waals surface area contributed by atoms with E-state index >= 15 is 0 Å². The number of ether oxygens (including phenoxy) is 1. The van der Waals surface area contributed by atoms with Crippen LogP contribution in [0.4, 0.5) is 22.7 Å². The number of quaternary nitrogens is 2. The molecule has 5 nitrogen and oxygen atoms in total. The summed E-state index contributed by atoms with van der Waals surface area (Å²) in [5.74, 6) is 2.14. The second kappa shape index (κ2) is 13.9. The summed E-state index contributed by atoms with van der Waals surface area (Å²) in [6.45, 7) is 23.0. The van der Waals surface area contributed by atoms with Crippen LogP contribution in [0.2, 0.25) is 0 Å². The zero-order valence-corrected chi connectivity index (χ0v) is 38.1. The van der Waals surface area contributed by atoms with Crippen LogP contribution in [0.1, 0.15) is 79.0 Å². The number of fused-ring (bicyclic) bond motifs is 7. The molecule has 2 aliphatic rings. The SMILES string of the molecule is CC(C)(C)c1ccnc(-n2c3[c-]c(Oc4[c-]c([N+]56[CH-][N@+]5(c5cccc(C(C)(C)C)c5-c5ccccc5)c5ccc(C(C)(C)C)cc56)ccc4)ccc3c3ccccc32)c1.[Pt]. The molecule has 6 aromatic carbocycles. The molecule has 60 heavy (non-hydrogen) atoms. The van der Waals surface area contributed by atoms with Gasteiger partial charge in [0.15, 0.2) is 12.4 Å². The standard InChI is InChI=1S/C54H51N4O.Pt/c1-52(2,3)37-25-28-47-49(31-37)57(35-58(47,57)48-24-16-22-44(54(7,8)9)51(48)36-17-11-10-12-18-36)39-19-15-20-40(33-39)59-41-26-27-43-42-21-13-14-23-45(42)56(46(43)34-41)50-32-38(29-30-55-50)53(4,5)6;/h10-32,35H,1-9H3;/q-1;/t57?,58-;/m1./s1. The average molecular weight is 967 g/mol. The summed E-state index contributed by atoms with van der Waals surface area (Å²) in [5.41, 5.74) is 13.2. The van der Waals surface area contributed by atoms with E-state index in [1.54, 1.807) is 0 Å². The molecule has 2 aliphatic heterocycles. The van der Waals surface area contributed by atoms with Gasteiger partial charge in [-0.15, -0.1) is 29.7 Å². The average Bonchev–Trinajstić information content (AvgIpc) is 3.70. The van der Waals surface area contributed by atoms with Crippen LogP contribution in [0.25, 0.3) is 38.8 Å². The van der Waals surface area contributed by atoms with Crippen LogP contribution in [0.15, 0.2) is 140 Å². The van der Waals surface area contributed by atoms with Crippen molar-refractivity contribution in [2.24, 2.45) is 0 Å². The van der Waals surface area contributed by atoms with E-state index in [0.29, 0.717) is 20.7 Å². The van der Waals surface area contributed by atoms with Gasteiger partial charge in [-0.1, -0.05) is 141 Å². The van der Waals surface area contributed by atoms with Crippen LogP contribution in [-0.4, -0.2) is 9.55 Å². The van der Waals surface area contributed by atoms with Gasteiger partial charge in [-0.2, -0.15) is 16.7 Å². The Kier molecular flexibility index (Phi) is 9.26. The molecule has 1 saturated heterocycles. The number of hydrogen-bond acceptors (Lipinski definition) is 2. The Balaban J connectivity index is 0.00000462. The number of benzene rings is 6.